The molecule has 1 unspecified atom stereocenters. The Kier molecular flexibility index (Phi) is 7.79. The predicted molar refractivity (Wildman–Crippen MR) is 56.9 cm³/mol. The average Bonchev–Trinajstić information content (AvgIpc) is 2.06. The Morgan fingerprint density at radius 3 is 2.46 bits per heavy atom. The lowest BCUT2D eigenvalue weighted by atomic mass is 10.1. The van der Waals surface area contributed by atoms with Crippen molar-refractivity contribution in [3.63, 3.8) is 0 Å². The lowest BCUT2D eigenvalue weighted by molar-refractivity contribution is 0.179. The van der Waals surface area contributed by atoms with Crippen LogP contribution in [-0.4, -0.2) is 32.9 Å². The molecule has 1 aliphatic heterocycles. The van der Waals surface area contributed by atoms with Crippen molar-refractivity contribution in [3.8, 4) is 0 Å². The first-order valence-electron chi connectivity index (χ1n) is 5.03. The number of carbonyl (C=O) groups excluding carboxylic acids is 1. The third-order valence-electron chi connectivity index (χ3n) is 1.90. The molecule has 0 aromatic carbocycles. The molecular weight excluding hydrogens is 165 g/mol. The number of nitrogens with one attached hydrogen (secondary N) is 1. The molecule has 1 rings (SSSR count). The number of rotatable bonds is 1. The van der Waals surface area contributed by atoms with E-state index in [1.54, 1.807) is 6.92 Å². The standard InChI is InChI=1S/C6H13N.C3H7BO2/c1-6-4-2-3-5-7-6;1-2-6-3(4)5/h6-7H,2-5H2,1H3;2,4H2,1H3. The molecule has 0 aromatic heterocycles. The van der Waals surface area contributed by atoms with Gasteiger partial charge in [0.1, 0.15) is 0 Å². The Morgan fingerprint density at radius 1 is 1.62 bits per heavy atom. The molecule has 1 N–H and O–H groups in total. The maximum Gasteiger partial charge on any atom is 0.243 e. The fraction of sp³-hybridized carbons (Fsp3) is 0.889. The molecule has 1 aliphatic rings. The minimum absolute atomic E-state index is 0.211. The average molecular weight is 185 g/mol. The van der Waals surface area contributed by atoms with Crippen LogP contribution in [0.1, 0.15) is 33.1 Å². The van der Waals surface area contributed by atoms with Gasteiger partial charge in [0.05, 0.1) is 6.61 Å². The van der Waals surface area contributed by atoms with E-state index in [-0.39, 0.29) is 5.87 Å². The maximum absolute atomic E-state index is 9.82. The van der Waals surface area contributed by atoms with Crippen molar-refractivity contribution in [1.29, 1.82) is 0 Å². The van der Waals surface area contributed by atoms with E-state index >= 15 is 0 Å². The largest absolute Gasteiger partial charge is 0.474 e. The van der Waals surface area contributed by atoms with Gasteiger partial charge >= 0.3 is 0 Å². The summed E-state index contributed by atoms with van der Waals surface area (Å²) < 4.78 is 4.40. The molecule has 1 heterocycles. The zero-order valence-corrected chi connectivity index (χ0v) is 8.93. The quantitative estimate of drug-likeness (QED) is 0.617. The highest BCUT2D eigenvalue weighted by atomic mass is 16.5. The van der Waals surface area contributed by atoms with Gasteiger partial charge in [0.25, 0.3) is 0 Å². The summed E-state index contributed by atoms with van der Waals surface area (Å²) >= 11 is 0. The van der Waals surface area contributed by atoms with Crippen LogP contribution in [0.2, 0.25) is 0 Å². The Morgan fingerprint density at radius 2 is 2.31 bits per heavy atom. The van der Waals surface area contributed by atoms with E-state index in [1.807, 2.05) is 0 Å². The smallest absolute Gasteiger partial charge is 0.243 e. The molecule has 1 saturated heterocycles. The van der Waals surface area contributed by atoms with Crippen LogP contribution in [0, 0.1) is 0 Å². The molecule has 1 atom stereocenters. The van der Waals surface area contributed by atoms with Crippen LogP contribution in [0.5, 0.6) is 0 Å². The van der Waals surface area contributed by atoms with E-state index in [9.17, 15) is 4.79 Å². The summed E-state index contributed by atoms with van der Waals surface area (Å²) in [4.78, 5) is 9.82. The monoisotopic (exact) mass is 185 g/mol. The predicted octanol–water partition coefficient (Wildman–Crippen LogP) is 0.924. The minimum Gasteiger partial charge on any atom is -0.474 e. The minimum atomic E-state index is -0.211. The van der Waals surface area contributed by atoms with E-state index in [0.29, 0.717) is 6.61 Å². The highest BCUT2D eigenvalue weighted by Crippen LogP contribution is 2.04. The molecule has 1 fully saturated rings. The third-order valence-corrected chi connectivity index (χ3v) is 1.90. The number of ether oxygens (including phenoxy) is 1. The van der Waals surface area contributed by atoms with Crippen LogP contribution in [0.15, 0.2) is 0 Å². The molecule has 0 aliphatic carbocycles. The number of hydrogen-bond acceptors (Lipinski definition) is 3. The van der Waals surface area contributed by atoms with Crippen LogP contribution >= 0.6 is 0 Å². The Bertz CT molecular complexity index is 136. The van der Waals surface area contributed by atoms with Crippen molar-refractivity contribution in [1.82, 2.24) is 5.32 Å². The molecule has 0 amide bonds. The van der Waals surface area contributed by atoms with Crippen LogP contribution in [0.25, 0.3) is 0 Å². The van der Waals surface area contributed by atoms with Gasteiger partial charge in [-0.25, -0.2) is 0 Å². The van der Waals surface area contributed by atoms with Crippen molar-refractivity contribution in [2.24, 2.45) is 0 Å². The van der Waals surface area contributed by atoms with Crippen LogP contribution in [0.3, 0.4) is 0 Å². The second-order valence-corrected chi connectivity index (χ2v) is 3.28. The fourth-order valence-electron chi connectivity index (χ4n) is 1.23. The third kappa shape index (κ3) is 9.41. The van der Waals surface area contributed by atoms with E-state index in [4.69, 9.17) is 0 Å². The molecule has 4 heteroatoms. The van der Waals surface area contributed by atoms with Crippen LogP contribution in [0.4, 0.5) is 4.79 Å². The van der Waals surface area contributed by atoms with Gasteiger partial charge in [-0.3, -0.25) is 4.79 Å². The molecule has 0 spiro atoms. The number of hydrogen-bond donors (Lipinski definition) is 1. The molecular formula is C9H20BNO2. The molecule has 0 bridgehead atoms. The van der Waals surface area contributed by atoms with Gasteiger partial charge in [-0.1, -0.05) is 6.42 Å². The lowest BCUT2D eigenvalue weighted by Crippen LogP contribution is -2.30. The van der Waals surface area contributed by atoms with E-state index < -0.39 is 0 Å². The Hall–Kier alpha value is -0.505. The molecule has 0 aromatic rings. The second-order valence-electron chi connectivity index (χ2n) is 3.28. The van der Waals surface area contributed by atoms with E-state index in [2.05, 4.69) is 17.0 Å². The summed E-state index contributed by atoms with van der Waals surface area (Å²) in [6, 6.07) is 0.786. The summed E-state index contributed by atoms with van der Waals surface area (Å²) in [5.74, 6) is -0.211. The van der Waals surface area contributed by atoms with Gasteiger partial charge in [-0.05, 0) is 33.2 Å². The molecule has 3 nitrogen and oxygen atoms in total. The van der Waals surface area contributed by atoms with Crippen molar-refractivity contribution in [2.75, 3.05) is 13.2 Å². The lowest BCUT2D eigenvalue weighted by Gasteiger charge is -2.18. The molecule has 13 heavy (non-hydrogen) atoms. The van der Waals surface area contributed by atoms with Crippen molar-refractivity contribution >= 4 is 13.7 Å². The molecule has 0 saturated carbocycles. The van der Waals surface area contributed by atoms with Crippen LogP contribution in [-0.2, 0) is 4.74 Å². The summed E-state index contributed by atoms with van der Waals surface area (Å²) in [6.07, 6.45) is 4.18. The van der Waals surface area contributed by atoms with E-state index in [0.717, 1.165) is 6.04 Å². The summed E-state index contributed by atoms with van der Waals surface area (Å²) in [6.45, 7) is 5.75. The highest BCUT2D eigenvalue weighted by Gasteiger charge is 2.04. The number of piperidine rings is 1. The topological polar surface area (TPSA) is 38.3 Å². The van der Waals surface area contributed by atoms with Crippen molar-refractivity contribution in [3.05, 3.63) is 0 Å². The van der Waals surface area contributed by atoms with Gasteiger partial charge in [-0.2, -0.15) is 0 Å². The van der Waals surface area contributed by atoms with Crippen molar-refractivity contribution < 1.29 is 9.53 Å². The number of carbonyl (C=O) groups is 1. The second kappa shape index (κ2) is 8.11. The van der Waals surface area contributed by atoms with Crippen molar-refractivity contribution in [2.45, 2.75) is 39.2 Å². The molecule has 76 valence electrons. The first-order valence-corrected chi connectivity index (χ1v) is 5.03. The normalized spacial score (nSPS) is 21.2. The highest BCUT2D eigenvalue weighted by molar-refractivity contribution is 6.55. The van der Waals surface area contributed by atoms with Gasteiger partial charge < -0.3 is 10.1 Å². The van der Waals surface area contributed by atoms with E-state index in [1.165, 1.54) is 33.7 Å². The zero-order chi connectivity index (χ0) is 10.1. The maximum atomic E-state index is 9.82. The summed E-state index contributed by atoms with van der Waals surface area (Å²) in [5, 5.41) is 3.38. The Labute approximate surface area is 81.6 Å². The first-order chi connectivity index (χ1) is 6.16. The van der Waals surface area contributed by atoms with Gasteiger partial charge in [0.2, 0.25) is 13.7 Å². The van der Waals surface area contributed by atoms with Gasteiger partial charge in [0, 0.05) is 6.04 Å². The summed E-state index contributed by atoms with van der Waals surface area (Å²) in [5.41, 5.74) is 0. The summed E-state index contributed by atoms with van der Waals surface area (Å²) in [7, 11) is 1.39. The fourth-order valence-corrected chi connectivity index (χ4v) is 1.23. The first kappa shape index (κ1) is 12.5. The SMILES string of the molecule is BC(=O)OCC.CC1CCCCN1. The molecule has 0 radical (unpaired) electrons. The van der Waals surface area contributed by atoms with Crippen LogP contribution < -0.4 is 5.32 Å². The van der Waals surface area contributed by atoms with Gasteiger partial charge in [0.15, 0.2) is 0 Å². The zero-order valence-electron chi connectivity index (χ0n) is 8.93. The van der Waals surface area contributed by atoms with Gasteiger partial charge in [-0.15, -0.1) is 0 Å². The Balaban J connectivity index is 0.000000226.